The number of aliphatic hydroxyl groups is 1. The molecule has 0 aliphatic heterocycles. The van der Waals surface area contributed by atoms with Crippen LogP contribution in [0.25, 0.3) is 0 Å². The van der Waals surface area contributed by atoms with Gasteiger partial charge in [-0.2, -0.15) is 0 Å². The first-order valence-electron chi connectivity index (χ1n) is 8.27. The van der Waals surface area contributed by atoms with Crippen LogP contribution >= 0.6 is 7.82 Å². The molecule has 10 nitrogen and oxygen atoms in total. The van der Waals surface area contributed by atoms with Gasteiger partial charge in [0.2, 0.25) is 0 Å². The molecule has 0 aromatic carbocycles. The van der Waals surface area contributed by atoms with Crippen LogP contribution in [0.1, 0.15) is 13.3 Å². The highest BCUT2D eigenvalue weighted by Gasteiger charge is 2.55. The van der Waals surface area contributed by atoms with Crippen molar-refractivity contribution in [2.75, 3.05) is 42.2 Å². The molecule has 0 bridgehead atoms. The average molecular weight is 402 g/mol. The second kappa shape index (κ2) is 11.0. The summed E-state index contributed by atoms with van der Waals surface area (Å²) in [6.45, 7) is 1.38. The first kappa shape index (κ1) is 23.9. The van der Waals surface area contributed by atoms with Crippen LogP contribution in [0, 0.1) is 0 Å². The van der Waals surface area contributed by atoms with Gasteiger partial charge in [-0.25, -0.2) is 4.57 Å². The largest absolute Gasteiger partial charge is 0.472 e. The van der Waals surface area contributed by atoms with Gasteiger partial charge in [0.05, 0.1) is 12.7 Å². The van der Waals surface area contributed by atoms with Crippen molar-refractivity contribution in [2.45, 2.75) is 56.1 Å². The number of phosphoric ester groups is 1. The van der Waals surface area contributed by atoms with Crippen molar-refractivity contribution in [1.29, 1.82) is 0 Å². The van der Waals surface area contributed by atoms with Crippen molar-refractivity contribution in [3.8, 4) is 0 Å². The Balaban J connectivity index is 3.08. The van der Waals surface area contributed by atoms with Crippen LogP contribution in [0.15, 0.2) is 0 Å². The van der Waals surface area contributed by atoms with Gasteiger partial charge in [-0.1, -0.05) is 6.92 Å². The number of aliphatic hydroxyl groups excluding tert-OH is 1. The van der Waals surface area contributed by atoms with E-state index in [0.717, 1.165) is 0 Å². The summed E-state index contributed by atoms with van der Waals surface area (Å²) in [5.41, 5.74) is 0. The van der Waals surface area contributed by atoms with Gasteiger partial charge in [-0.3, -0.25) is 9.05 Å². The quantitative estimate of drug-likeness (QED) is 0.468. The molecule has 2 N–H and O–H groups in total. The van der Waals surface area contributed by atoms with Crippen LogP contribution in [0.2, 0.25) is 0 Å². The highest BCUT2D eigenvalue weighted by Crippen LogP contribution is 2.48. The van der Waals surface area contributed by atoms with Gasteiger partial charge in [0, 0.05) is 35.5 Å². The molecule has 0 saturated heterocycles. The summed E-state index contributed by atoms with van der Waals surface area (Å²) in [5, 5.41) is 9.53. The van der Waals surface area contributed by atoms with Crippen molar-refractivity contribution in [1.82, 2.24) is 0 Å². The summed E-state index contributed by atoms with van der Waals surface area (Å²) in [6, 6.07) is 0. The molecule has 1 aliphatic rings. The minimum absolute atomic E-state index is 0.339. The van der Waals surface area contributed by atoms with E-state index in [1.165, 1.54) is 35.5 Å². The standard InChI is InChI=1S/C15H31O10P/c1-7-9(16)8-24-26(17,18)25-15-13(22-5)11(20-3)10(19-2)12(21-4)14(15)23-6/h9-16H,7-8H2,1-6H3,(H,17,18)/t9?,10?,11-,12+,13-,14?,15?/m1/s1. The number of rotatable bonds is 11. The van der Waals surface area contributed by atoms with Crippen LogP contribution in [-0.4, -0.2) is 94.9 Å². The third-order valence-electron chi connectivity index (χ3n) is 4.46. The Morgan fingerprint density at radius 1 is 0.808 bits per heavy atom. The lowest BCUT2D eigenvalue weighted by Crippen LogP contribution is -2.66. The van der Waals surface area contributed by atoms with E-state index in [2.05, 4.69) is 0 Å². The van der Waals surface area contributed by atoms with Crippen molar-refractivity contribution in [2.24, 2.45) is 0 Å². The number of ether oxygens (including phenoxy) is 5. The molecule has 0 aromatic rings. The third-order valence-corrected chi connectivity index (χ3v) is 5.45. The fourth-order valence-corrected chi connectivity index (χ4v) is 4.03. The second-order valence-electron chi connectivity index (χ2n) is 5.90. The fraction of sp³-hybridized carbons (Fsp3) is 1.00. The Hall–Kier alpha value is -0.130. The lowest BCUT2D eigenvalue weighted by Gasteiger charge is -2.48. The van der Waals surface area contributed by atoms with Crippen molar-refractivity contribution in [3.05, 3.63) is 0 Å². The fourth-order valence-electron chi connectivity index (χ4n) is 3.07. The molecule has 0 heterocycles. The Morgan fingerprint density at radius 3 is 1.46 bits per heavy atom. The van der Waals surface area contributed by atoms with E-state index >= 15 is 0 Å². The van der Waals surface area contributed by atoms with Gasteiger partial charge in [0.15, 0.2) is 0 Å². The van der Waals surface area contributed by atoms with E-state index in [4.69, 9.17) is 32.7 Å². The normalized spacial score (nSPS) is 35.8. The topological polar surface area (TPSA) is 122 Å². The molecular weight excluding hydrogens is 371 g/mol. The van der Waals surface area contributed by atoms with Gasteiger partial charge >= 0.3 is 7.82 Å². The third kappa shape index (κ3) is 5.68. The van der Waals surface area contributed by atoms with Gasteiger partial charge < -0.3 is 33.7 Å². The molecule has 1 aliphatic carbocycles. The van der Waals surface area contributed by atoms with E-state index in [-0.39, 0.29) is 6.61 Å². The zero-order valence-electron chi connectivity index (χ0n) is 16.1. The summed E-state index contributed by atoms with van der Waals surface area (Å²) in [4.78, 5) is 10.1. The van der Waals surface area contributed by atoms with Crippen molar-refractivity contribution in [3.63, 3.8) is 0 Å². The molecule has 0 amide bonds. The number of hydrogen-bond donors (Lipinski definition) is 2. The van der Waals surface area contributed by atoms with Crippen LogP contribution in [0.4, 0.5) is 0 Å². The molecule has 26 heavy (non-hydrogen) atoms. The number of methoxy groups -OCH3 is 5. The summed E-state index contributed by atoms with van der Waals surface area (Å²) >= 11 is 0. The lowest BCUT2D eigenvalue weighted by molar-refractivity contribution is -0.249. The maximum absolute atomic E-state index is 12.3. The predicted molar refractivity (Wildman–Crippen MR) is 90.9 cm³/mol. The summed E-state index contributed by atoms with van der Waals surface area (Å²) < 4.78 is 49.9. The molecule has 1 saturated carbocycles. The van der Waals surface area contributed by atoms with E-state index in [0.29, 0.717) is 6.42 Å². The van der Waals surface area contributed by atoms with Crippen LogP contribution in [-0.2, 0) is 37.3 Å². The molecule has 11 heteroatoms. The molecule has 8 atom stereocenters. The molecule has 0 aromatic heterocycles. The van der Waals surface area contributed by atoms with Gasteiger partial charge in [-0.05, 0) is 6.42 Å². The first-order valence-corrected chi connectivity index (χ1v) is 9.77. The van der Waals surface area contributed by atoms with E-state index in [1.807, 2.05) is 0 Å². The lowest BCUT2D eigenvalue weighted by atomic mass is 9.84. The Labute approximate surface area is 154 Å². The van der Waals surface area contributed by atoms with E-state index < -0.39 is 50.6 Å². The van der Waals surface area contributed by atoms with Crippen molar-refractivity contribution >= 4 is 7.82 Å². The molecular formula is C15H31O10P. The zero-order valence-corrected chi connectivity index (χ0v) is 17.0. The average Bonchev–Trinajstić information content (AvgIpc) is 2.64. The Bertz CT molecular complexity index is 430. The molecule has 1 rings (SSSR count). The second-order valence-corrected chi connectivity index (χ2v) is 7.30. The summed E-state index contributed by atoms with van der Waals surface area (Å²) in [6.07, 6.45) is -4.97. The van der Waals surface area contributed by atoms with Crippen LogP contribution in [0.3, 0.4) is 0 Å². The summed E-state index contributed by atoms with van der Waals surface area (Å²) in [7, 11) is 2.76. The summed E-state index contributed by atoms with van der Waals surface area (Å²) in [5.74, 6) is 0. The number of hydrogen-bond acceptors (Lipinski definition) is 9. The van der Waals surface area contributed by atoms with Crippen molar-refractivity contribution < 1.29 is 47.3 Å². The Morgan fingerprint density at radius 2 is 1.15 bits per heavy atom. The van der Waals surface area contributed by atoms with Gasteiger partial charge in [0.1, 0.15) is 36.6 Å². The monoisotopic (exact) mass is 402 g/mol. The SMILES string of the molecule is CCC(O)COP(=O)(O)OC1C(OC)[C@@H](OC)C(OC)[C@@H](OC)[C@H]1OC. The predicted octanol–water partition coefficient (Wildman–Crippen LogP) is 0.348. The first-order chi connectivity index (χ1) is 12.3. The Kier molecular flexibility index (Phi) is 10.1. The number of phosphoric acid groups is 1. The van der Waals surface area contributed by atoms with E-state index in [9.17, 15) is 14.6 Å². The molecule has 0 radical (unpaired) electrons. The van der Waals surface area contributed by atoms with Crippen LogP contribution < -0.4 is 0 Å². The van der Waals surface area contributed by atoms with Gasteiger partial charge in [-0.15, -0.1) is 0 Å². The van der Waals surface area contributed by atoms with Crippen LogP contribution in [0.5, 0.6) is 0 Å². The van der Waals surface area contributed by atoms with E-state index in [1.54, 1.807) is 6.92 Å². The minimum Gasteiger partial charge on any atom is -0.391 e. The maximum atomic E-state index is 12.3. The molecule has 0 spiro atoms. The molecule has 5 unspecified atom stereocenters. The highest BCUT2D eigenvalue weighted by atomic mass is 31.2. The van der Waals surface area contributed by atoms with Gasteiger partial charge in [0.25, 0.3) is 0 Å². The smallest absolute Gasteiger partial charge is 0.391 e. The highest BCUT2D eigenvalue weighted by molar-refractivity contribution is 7.47. The minimum atomic E-state index is -4.50. The molecule has 156 valence electrons. The molecule has 1 fully saturated rings. The zero-order chi connectivity index (χ0) is 19.9. The maximum Gasteiger partial charge on any atom is 0.472 e.